The van der Waals surface area contributed by atoms with Crippen molar-refractivity contribution in [3.63, 3.8) is 0 Å². The summed E-state index contributed by atoms with van der Waals surface area (Å²) in [6.07, 6.45) is 8.73. The highest BCUT2D eigenvalue weighted by atomic mass is 16.2. The minimum Gasteiger partial charge on any atom is -0.357 e. The summed E-state index contributed by atoms with van der Waals surface area (Å²) < 4.78 is 2.11. The maximum Gasteiger partial charge on any atom is 0.222 e. The SMILES string of the molecule is CCNC(=NCc1ccn(C2CCCC2)n1)NC1CCN(C(=O)CC)C1. The normalized spacial score (nSPS) is 21.4. The zero-order valence-electron chi connectivity index (χ0n) is 16.1. The molecule has 1 aliphatic heterocycles. The van der Waals surface area contributed by atoms with Gasteiger partial charge in [0.1, 0.15) is 0 Å². The summed E-state index contributed by atoms with van der Waals surface area (Å²) in [6.45, 7) is 6.95. The van der Waals surface area contributed by atoms with E-state index in [-0.39, 0.29) is 11.9 Å². The molecule has 0 radical (unpaired) electrons. The first-order valence-electron chi connectivity index (χ1n) is 10.1. The summed E-state index contributed by atoms with van der Waals surface area (Å²) >= 11 is 0. The second-order valence-corrected chi connectivity index (χ2v) is 7.24. The molecule has 1 saturated heterocycles. The highest BCUT2D eigenvalue weighted by Gasteiger charge is 2.25. The Hall–Kier alpha value is -2.05. The van der Waals surface area contributed by atoms with Crippen LogP contribution in [0.15, 0.2) is 17.3 Å². The van der Waals surface area contributed by atoms with Gasteiger partial charge in [0.25, 0.3) is 0 Å². The van der Waals surface area contributed by atoms with Crippen molar-refractivity contribution < 1.29 is 4.79 Å². The Morgan fingerprint density at radius 2 is 2.12 bits per heavy atom. The second kappa shape index (κ2) is 9.05. The molecular formula is C19H32N6O. The molecule has 1 amide bonds. The lowest BCUT2D eigenvalue weighted by Crippen LogP contribution is -2.45. The molecule has 1 atom stereocenters. The van der Waals surface area contributed by atoms with Gasteiger partial charge in [-0.25, -0.2) is 4.99 Å². The Labute approximate surface area is 156 Å². The number of amides is 1. The van der Waals surface area contributed by atoms with E-state index in [1.165, 1.54) is 25.7 Å². The standard InChI is InChI=1S/C19H32N6O/c1-3-18(26)24-11-9-16(14-24)22-19(20-4-2)21-13-15-10-12-25(23-15)17-7-5-6-8-17/h10,12,16-17H,3-9,11,13-14H2,1-2H3,(H2,20,21,22). The lowest BCUT2D eigenvalue weighted by atomic mass is 10.3. The highest BCUT2D eigenvalue weighted by Crippen LogP contribution is 2.28. The van der Waals surface area contributed by atoms with Crippen LogP contribution in [0, 0.1) is 0 Å². The van der Waals surface area contributed by atoms with Gasteiger partial charge in [-0.2, -0.15) is 5.10 Å². The van der Waals surface area contributed by atoms with Crippen LogP contribution in [0.5, 0.6) is 0 Å². The minimum atomic E-state index is 0.230. The van der Waals surface area contributed by atoms with Gasteiger partial charge < -0.3 is 15.5 Å². The first kappa shape index (κ1) is 18.7. The van der Waals surface area contributed by atoms with Gasteiger partial charge >= 0.3 is 0 Å². The van der Waals surface area contributed by atoms with Crippen molar-refractivity contribution in [2.45, 2.75) is 71.0 Å². The van der Waals surface area contributed by atoms with Crippen LogP contribution in [0.4, 0.5) is 0 Å². The number of hydrogen-bond donors (Lipinski definition) is 2. The van der Waals surface area contributed by atoms with E-state index >= 15 is 0 Å². The Kier molecular flexibility index (Phi) is 6.52. The van der Waals surface area contributed by atoms with Crippen molar-refractivity contribution in [2.24, 2.45) is 4.99 Å². The van der Waals surface area contributed by atoms with Gasteiger partial charge in [0.15, 0.2) is 5.96 Å². The average molecular weight is 361 g/mol. The number of carbonyl (C=O) groups excluding carboxylic acids is 1. The monoisotopic (exact) mass is 360 g/mol. The number of hydrogen-bond acceptors (Lipinski definition) is 3. The maximum absolute atomic E-state index is 11.8. The van der Waals surface area contributed by atoms with Crippen LogP contribution in [-0.4, -0.2) is 52.2 Å². The van der Waals surface area contributed by atoms with Crippen molar-refractivity contribution in [1.82, 2.24) is 25.3 Å². The summed E-state index contributed by atoms with van der Waals surface area (Å²) in [5.41, 5.74) is 1.00. The van der Waals surface area contributed by atoms with Crippen LogP contribution < -0.4 is 10.6 Å². The van der Waals surface area contributed by atoms with Crippen LogP contribution in [0.25, 0.3) is 0 Å². The number of aromatic nitrogens is 2. The molecule has 2 heterocycles. The van der Waals surface area contributed by atoms with E-state index < -0.39 is 0 Å². The quantitative estimate of drug-likeness (QED) is 0.602. The smallest absolute Gasteiger partial charge is 0.222 e. The molecule has 2 N–H and O–H groups in total. The number of guanidine groups is 1. The second-order valence-electron chi connectivity index (χ2n) is 7.24. The molecule has 1 saturated carbocycles. The first-order valence-corrected chi connectivity index (χ1v) is 10.1. The molecule has 1 aromatic rings. The molecule has 3 rings (SSSR count). The molecule has 7 heteroatoms. The molecule has 144 valence electrons. The number of aliphatic imine (C=N–C) groups is 1. The van der Waals surface area contributed by atoms with Crippen molar-refractivity contribution in [2.75, 3.05) is 19.6 Å². The number of rotatable bonds is 6. The summed E-state index contributed by atoms with van der Waals surface area (Å²) in [5.74, 6) is 1.03. The predicted octanol–water partition coefficient (Wildman–Crippen LogP) is 2.06. The van der Waals surface area contributed by atoms with Crippen LogP contribution in [0.2, 0.25) is 0 Å². The van der Waals surface area contributed by atoms with Crippen LogP contribution in [0.1, 0.15) is 64.1 Å². The van der Waals surface area contributed by atoms with Gasteiger partial charge in [0, 0.05) is 38.3 Å². The highest BCUT2D eigenvalue weighted by molar-refractivity contribution is 5.80. The summed E-state index contributed by atoms with van der Waals surface area (Å²) in [6, 6.07) is 2.90. The largest absolute Gasteiger partial charge is 0.357 e. The number of likely N-dealkylation sites (tertiary alicyclic amines) is 1. The third kappa shape index (κ3) is 4.77. The van der Waals surface area contributed by atoms with E-state index in [9.17, 15) is 4.79 Å². The molecule has 1 aromatic heterocycles. The number of nitrogens with one attached hydrogen (secondary N) is 2. The zero-order chi connectivity index (χ0) is 18.4. The van der Waals surface area contributed by atoms with Crippen LogP contribution in [0.3, 0.4) is 0 Å². The van der Waals surface area contributed by atoms with Crippen LogP contribution >= 0.6 is 0 Å². The fourth-order valence-electron chi connectivity index (χ4n) is 3.84. The molecule has 0 bridgehead atoms. The lowest BCUT2D eigenvalue weighted by Gasteiger charge is -2.18. The summed E-state index contributed by atoms with van der Waals surface area (Å²) in [5, 5.41) is 11.5. The predicted molar refractivity (Wildman–Crippen MR) is 103 cm³/mol. The van der Waals surface area contributed by atoms with Gasteiger partial charge in [-0.1, -0.05) is 19.8 Å². The van der Waals surface area contributed by atoms with Crippen molar-refractivity contribution in [1.29, 1.82) is 0 Å². The molecule has 26 heavy (non-hydrogen) atoms. The van der Waals surface area contributed by atoms with Gasteiger partial charge in [-0.05, 0) is 32.3 Å². The molecule has 2 fully saturated rings. The minimum absolute atomic E-state index is 0.230. The molecule has 1 unspecified atom stereocenters. The van der Waals surface area contributed by atoms with Gasteiger partial charge in [-0.15, -0.1) is 0 Å². The van der Waals surface area contributed by atoms with Gasteiger partial charge in [0.05, 0.1) is 18.3 Å². The van der Waals surface area contributed by atoms with E-state index in [4.69, 9.17) is 10.1 Å². The molecule has 0 spiro atoms. The molecule has 1 aliphatic carbocycles. The molecule has 7 nitrogen and oxygen atoms in total. The fourth-order valence-corrected chi connectivity index (χ4v) is 3.84. The van der Waals surface area contributed by atoms with E-state index in [0.717, 1.165) is 37.7 Å². The Morgan fingerprint density at radius 3 is 2.85 bits per heavy atom. The first-order chi connectivity index (χ1) is 12.7. The average Bonchev–Trinajstić information content (AvgIpc) is 3.39. The lowest BCUT2D eigenvalue weighted by molar-refractivity contribution is -0.129. The third-order valence-corrected chi connectivity index (χ3v) is 5.29. The summed E-state index contributed by atoms with van der Waals surface area (Å²) in [7, 11) is 0. The van der Waals surface area contributed by atoms with Crippen LogP contribution in [-0.2, 0) is 11.3 Å². The van der Waals surface area contributed by atoms with E-state index in [1.54, 1.807) is 0 Å². The van der Waals surface area contributed by atoms with E-state index in [0.29, 0.717) is 19.0 Å². The fraction of sp³-hybridized carbons (Fsp3) is 0.737. The molecule has 0 aromatic carbocycles. The molecule has 2 aliphatic rings. The van der Waals surface area contributed by atoms with Crippen molar-refractivity contribution >= 4 is 11.9 Å². The Balaban J connectivity index is 1.55. The Bertz CT molecular complexity index is 619. The third-order valence-electron chi connectivity index (χ3n) is 5.29. The van der Waals surface area contributed by atoms with E-state index in [1.807, 2.05) is 11.8 Å². The topological polar surface area (TPSA) is 74.6 Å². The number of carbonyl (C=O) groups is 1. The Morgan fingerprint density at radius 1 is 1.31 bits per heavy atom. The van der Waals surface area contributed by atoms with Crippen molar-refractivity contribution in [3.05, 3.63) is 18.0 Å². The number of nitrogens with zero attached hydrogens (tertiary/aromatic N) is 4. The van der Waals surface area contributed by atoms with Gasteiger partial charge in [0.2, 0.25) is 5.91 Å². The zero-order valence-corrected chi connectivity index (χ0v) is 16.1. The van der Waals surface area contributed by atoms with Gasteiger partial charge in [-0.3, -0.25) is 9.48 Å². The summed E-state index contributed by atoms with van der Waals surface area (Å²) in [4.78, 5) is 18.5. The maximum atomic E-state index is 11.8. The van der Waals surface area contributed by atoms with E-state index in [2.05, 4.69) is 34.5 Å². The van der Waals surface area contributed by atoms with Crippen molar-refractivity contribution in [3.8, 4) is 0 Å². The molecular weight excluding hydrogens is 328 g/mol.